The number of benzene rings is 2. The van der Waals surface area contributed by atoms with E-state index in [1.807, 2.05) is 51.1 Å². The van der Waals surface area contributed by atoms with Crippen molar-refractivity contribution in [3.63, 3.8) is 0 Å². The lowest BCUT2D eigenvalue weighted by Gasteiger charge is -2.19. The van der Waals surface area contributed by atoms with Gasteiger partial charge in [0.25, 0.3) is 5.56 Å². The largest absolute Gasteiger partial charge is 0.380 e. The van der Waals surface area contributed by atoms with Crippen LogP contribution < -0.4 is 10.9 Å². The van der Waals surface area contributed by atoms with Gasteiger partial charge in [-0.15, -0.1) is 0 Å². The van der Waals surface area contributed by atoms with Gasteiger partial charge in [0.2, 0.25) is 0 Å². The lowest BCUT2D eigenvalue weighted by molar-refractivity contribution is 0.564. The Morgan fingerprint density at radius 2 is 1.54 bits per heavy atom. The maximum Gasteiger partial charge on any atom is 0.271 e. The van der Waals surface area contributed by atoms with Crippen molar-refractivity contribution in [2.24, 2.45) is 0 Å². The molecule has 0 spiro atoms. The average Bonchev–Trinajstić information content (AvgIpc) is 2.71. The van der Waals surface area contributed by atoms with Crippen LogP contribution in [-0.4, -0.2) is 4.57 Å². The fourth-order valence-electron chi connectivity index (χ4n) is 2.84. The fraction of sp³-hybridized carbons (Fsp3) is 0.227. The van der Waals surface area contributed by atoms with Gasteiger partial charge in [-0.1, -0.05) is 50.2 Å². The minimum absolute atomic E-state index is 0.235. The van der Waals surface area contributed by atoms with E-state index in [4.69, 9.17) is 0 Å². The Kier molecular flexibility index (Phi) is 7.52. The topological polar surface area (TPSA) is 34.0 Å². The molecule has 0 saturated carbocycles. The van der Waals surface area contributed by atoms with Gasteiger partial charge in [-0.2, -0.15) is 0 Å². The minimum atomic E-state index is -0.786. The Morgan fingerprint density at radius 3 is 2.11 bits per heavy atom. The van der Waals surface area contributed by atoms with Crippen molar-refractivity contribution in [1.82, 2.24) is 4.57 Å². The predicted molar refractivity (Wildman–Crippen MR) is 114 cm³/mol. The molecular formula is C22H23BrF2N2O. The molecule has 2 aromatic carbocycles. The van der Waals surface area contributed by atoms with Crippen molar-refractivity contribution >= 4 is 21.6 Å². The Balaban J connectivity index is 0.00000136. The molecule has 0 aliphatic carbocycles. The molecule has 0 amide bonds. The molecular weight excluding hydrogens is 426 g/mol. The summed E-state index contributed by atoms with van der Waals surface area (Å²) in [6, 6.07) is 13.3. The first kappa shape index (κ1) is 21.8. The van der Waals surface area contributed by atoms with E-state index in [0.717, 1.165) is 27.8 Å². The fourth-order valence-corrected chi connectivity index (χ4v) is 3.45. The molecule has 1 aromatic heterocycles. The summed E-state index contributed by atoms with van der Waals surface area (Å²) < 4.78 is 29.7. The zero-order valence-corrected chi connectivity index (χ0v) is 17.9. The van der Waals surface area contributed by atoms with Crippen molar-refractivity contribution in [3.05, 3.63) is 91.8 Å². The van der Waals surface area contributed by atoms with Crippen LogP contribution in [0.25, 0.3) is 5.69 Å². The van der Waals surface area contributed by atoms with Gasteiger partial charge in [-0.05, 0) is 53.0 Å². The summed E-state index contributed by atoms with van der Waals surface area (Å²) in [6.45, 7) is 8.00. The summed E-state index contributed by atoms with van der Waals surface area (Å²) in [4.78, 5) is 12.8. The molecule has 0 bridgehead atoms. The lowest BCUT2D eigenvalue weighted by atomic mass is 10.1. The van der Waals surface area contributed by atoms with Crippen molar-refractivity contribution in [2.45, 2.75) is 34.2 Å². The van der Waals surface area contributed by atoms with Gasteiger partial charge >= 0.3 is 0 Å². The maximum atomic E-state index is 14.2. The molecule has 0 unspecified atom stereocenters. The van der Waals surface area contributed by atoms with E-state index >= 15 is 0 Å². The highest BCUT2D eigenvalue weighted by Crippen LogP contribution is 2.29. The molecule has 148 valence electrons. The van der Waals surface area contributed by atoms with Crippen LogP contribution in [0.2, 0.25) is 0 Å². The number of nitrogens with zero attached hydrogens (tertiary/aromatic N) is 1. The van der Waals surface area contributed by atoms with E-state index in [1.165, 1.54) is 6.07 Å². The number of hydrogen-bond donors (Lipinski definition) is 1. The highest BCUT2D eigenvalue weighted by atomic mass is 79.9. The molecule has 0 aliphatic heterocycles. The van der Waals surface area contributed by atoms with Crippen molar-refractivity contribution in [2.75, 3.05) is 5.32 Å². The number of rotatable bonds is 4. The number of pyridine rings is 1. The average molecular weight is 449 g/mol. The highest BCUT2D eigenvalue weighted by molar-refractivity contribution is 9.10. The molecule has 3 aromatic rings. The minimum Gasteiger partial charge on any atom is -0.380 e. The van der Waals surface area contributed by atoms with E-state index in [-0.39, 0.29) is 10.2 Å². The van der Waals surface area contributed by atoms with E-state index in [9.17, 15) is 13.6 Å². The van der Waals surface area contributed by atoms with Crippen LogP contribution in [0.3, 0.4) is 0 Å². The Morgan fingerprint density at radius 1 is 0.964 bits per heavy atom. The number of hydrogen-bond acceptors (Lipinski definition) is 2. The zero-order chi connectivity index (χ0) is 20.8. The third kappa shape index (κ3) is 4.33. The summed E-state index contributed by atoms with van der Waals surface area (Å²) in [6.07, 6.45) is 0. The summed E-state index contributed by atoms with van der Waals surface area (Å²) in [7, 11) is 0. The van der Waals surface area contributed by atoms with Crippen LogP contribution in [0.5, 0.6) is 0 Å². The number of aromatic nitrogens is 1. The van der Waals surface area contributed by atoms with Crippen LogP contribution in [0.1, 0.15) is 30.7 Å². The third-order valence-electron chi connectivity index (χ3n) is 4.34. The first-order valence-electron chi connectivity index (χ1n) is 9.05. The normalized spacial score (nSPS) is 10.2. The first-order valence-corrected chi connectivity index (χ1v) is 9.85. The SMILES string of the molecule is CC.Cc1c(NCc2ccccc2)c(Br)c(=O)n(-c2c(F)cccc2F)c1C. The lowest BCUT2D eigenvalue weighted by Crippen LogP contribution is -2.26. The molecule has 6 heteroatoms. The second-order valence-electron chi connectivity index (χ2n) is 5.95. The number of anilines is 1. The van der Waals surface area contributed by atoms with Crippen molar-refractivity contribution in [3.8, 4) is 5.69 Å². The van der Waals surface area contributed by atoms with Gasteiger partial charge in [0.05, 0.1) is 5.69 Å². The van der Waals surface area contributed by atoms with E-state index < -0.39 is 17.2 Å². The standard InChI is InChI=1S/C20H17BrF2N2O.C2H6/c1-12-13(2)25(19-15(22)9-6-10-16(19)23)20(26)17(21)18(12)24-11-14-7-4-3-5-8-14;1-2/h3-10,24H,11H2,1-2H3;1-2H3. The third-order valence-corrected chi connectivity index (χ3v) is 5.07. The van der Waals surface area contributed by atoms with Crippen LogP contribution in [0.15, 0.2) is 57.8 Å². The molecule has 0 aliphatic rings. The molecule has 0 fully saturated rings. The van der Waals surface area contributed by atoms with Gasteiger partial charge in [0.15, 0.2) is 0 Å². The van der Waals surface area contributed by atoms with Gasteiger partial charge in [-0.3, -0.25) is 9.36 Å². The first-order chi connectivity index (χ1) is 13.4. The molecule has 28 heavy (non-hydrogen) atoms. The van der Waals surface area contributed by atoms with Gasteiger partial charge in [-0.25, -0.2) is 8.78 Å². The molecule has 1 N–H and O–H groups in total. The van der Waals surface area contributed by atoms with Gasteiger partial charge in [0, 0.05) is 12.2 Å². The van der Waals surface area contributed by atoms with Gasteiger partial charge in [0.1, 0.15) is 21.8 Å². The molecule has 0 atom stereocenters. The van der Waals surface area contributed by atoms with Crippen LogP contribution in [0.4, 0.5) is 14.5 Å². The summed E-state index contributed by atoms with van der Waals surface area (Å²) in [5.74, 6) is -1.57. The van der Waals surface area contributed by atoms with E-state index in [2.05, 4.69) is 21.2 Å². The number of para-hydroxylation sites is 1. The number of halogens is 3. The monoisotopic (exact) mass is 448 g/mol. The summed E-state index contributed by atoms with van der Waals surface area (Å²) in [5, 5.41) is 3.24. The van der Waals surface area contributed by atoms with E-state index in [0.29, 0.717) is 17.9 Å². The van der Waals surface area contributed by atoms with Crippen LogP contribution >= 0.6 is 15.9 Å². The van der Waals surface area contributed by atoms with Gasteiger partial charge < -0.3 is 5.32 Å². The van der Waals surface area contributed by atoms with Crippen LogP contribution in [-0.2, 0) is 6.54 Å². The Bertz CT molecular complexity index is 997. The quantitative estimate of drug-likeness (QED) is 0.520. The molecule has 0 saturated heterocycles. The smallest absolute Gasteiger partial charge is 0.271 e. The summed E-state index contributed by atoms with van der Waals surface area (Å²) in [5.41, 5.74) is 1.99. The zero-order valence-electron chi connectivity index (χ0n) is 16.3. The maximum absolute atomic E-state index is 14.2. The Labute approximate surface area is 172 Å². The highest BCUT2D eigenvalue weighted by Gasteiger charge is 2.20. The molecule has 3 nitrogen and oxygen atoms in total. The number of nitrogens with one attached hydrogen (secondary N) is 1. The molecule has 0 radical (unpaired) electrons. The molecule has 1 heterocycles. The second-order valence-corrected chi connectivity index (χ2v) is 6.74. The second kappa shape index (κ2) is 9.64. The van der Waals surface area contributed by atoms with Crippen LogP contribution in [0, 0.1) is 25.5 Å². The van der Waals surface area contributed by atoms with E-state index in [1.54, 1.807) is 6.92 Å². The Hall–Kier alpha value is -2.47. The van der Waals surface area contributed by atoms with Crippen molar-refractivity contribution < 1.29 is 8.78 Å². The molecule has 3 rings (SSSR count). The van der Waals surface area contributed by atoms with Crippen molar-refractivity contribution in [1.29, 1.82) is 0 Å². The predicted octanol–water partition coefficient (Wildman–Crippen LogP) is 6.13. The summed E-state index contributed by atoms with van der Waals surface area (Å²) >= 11 is 3.30.